The molecule has 10 nitrogen and oxygen atoms in total. The molecule has 3 N–H and O–H groups in total. The van der Waals surface area contributed by atoms with Crippen LogP contribution in [0.15, 0.2) is 12.4 Å². The highest BCUT2D eigenvalue weighted by molar-refractivity contribution is 5.71. The average molecular weight is 360 g/mol. The summed E-state index contributed by atoms with van der Waals surface area (Å²) in [6.07, 6.45) is 5.33. The van der Waals surface area contributed by atoms with Crippen LogP contribution < -0.4 is 10.2 Å². The van der Waals surface area contributed by atoms with Crippen LogP contribution in [0.2, 0.25) is 0 Å². The number of piperazine rings is 1. The van der Waals surface area contributed by atoms with E-state index in [1.807, 2.05) is 6.92 Å². The first-order valence-electron chi connectivity index (χ1n) is 8.92. The normalized spacial score (nSPS) is 17.0. The van der Waals surface area contributed by atoms with Crippen molar-refractivity contribution >= 4 is 11.9 Å². The number of rotatable bonds is 8. The van der Waals surface area contributed by atoms with Gasteiger partial charge in [-0.1, -0.05) is 13.3 Å². The molecule has 3 heterocycles. The molecule has 10 heteroatoms. The predicted octanol–water partition coefficient (Wildman–Crippen LogP) is 0.227. The maximum absolute atomic E-state index is 11.8. The van der Waals surface area contributed by atoms with Crippen molar-refractivity contribution in [1.82, 2.24) is 35.9 Å². The van der Waals surface area contributed by atoms with Gasteiger partial charge in [0.2, 0.25) is 5.95 Å². The molecule has 0 bridgehead atoms. The lowest BCUT2D eigenvalue weighted by Gasteiger charge is -2.27. The first-order chi connectivity index (χ1) is 12.7. The lowest BCUT2D eigenvalue weighted by molar-refractivity contribution is -0.142. The van der Waals surface area contributed by atoms with Crippen molar-refractivity contribution in [2.45, 2.75) is 32.1 Å². The van der Waals surface area contributed by atoms with Gasteiger partial charge in [-0.2, -0.15) is 0 Å². The van der Waals surface area contributed by atoms with Crippen LogP contribution in [0.3, 0.4) is 0 Å². The summed E-state index contributed by atoms with van der Waals surface area (Å²) in [7, 11) is 0. The zero-order valence-corrected chi connectivity index (χ0v) is 14.8. The van der Waals surface area contributed by atoms with Gasteiger partial charge >= 0.3 is 5.97 Å². The zero-order valence-electron chi connectivity index (χ0n) is 14.8. The molecule has 0 aromatic carbocycles. The Labute approximate surface area is 151 Å². The van der Waals surface area contributed by atoms with E-state index >= 15 is 0 Å². The minimum Gasteiger partial charge on any atom is -0.481 e. The Hall–Kier alpha value is -2.62. The van der Waals surface area contributed by atoms with Gasteiger partial charge < -0.3 is 15.3 Å². The van der Waals surface area contributed by atoms with Crippen LogP contribution in [0.25, 0.3) is 0 Å². The molecule has 0 aliphatic carbocycles. The Morgan fingerprint density at radius 3 is 2.62 bits per heavy atom. The third kappa shape index (κ3) is 4.31. The minimum atomic E-state index is -0.841. The van der Waals surface area contributed by atoms with E-state index in [9.17, 15) is 9.90 Å². The van der Waals surface area contributed by atoms with Crippen LogP contribution in [0.5, 0.6) is 0 Å². The molecule has 0 amide bonds. The average Bonchev–Trinajstić information content (AvgIpc) is 3.20. The molecule has 0 saturated carbocycles. The lowest BCUT2D eigenvalue weighted by Crippen LogP contribution is -2.44. The number of tetrazole rings is 1. The van der Waals surface area contributed by atoms with E-state index < -0.39 is 11.9 Å². The van der Waals surface area contributed by atoms with Gasteiger partial charge in [0.05, 0.1) is 5.92 Å². The number of carboxylic acids is 1. The Bertz CT molecular complexity index is 685. The highest BCUT2D eigenvalue weighted by atomic mass is 16.4. The van der Waals surface area contributed by atoms with Crippen LogP contribution in [-0.2, 0) is 11.2 Å². The molecule has 2 aromatic heterocycles. The quantitative estimate of drug-likeness (QED) is 0.605. The second-order valence-electron chi connectivity index (χ2n) is 6.46. The number of H-pyrrole nitrogens is 1. The molecule has 2 atom stereocenters. The van der Waals surface area contributed by atoms with Crippen molar-refractivity contribution in [3.05, 3.63) is 23.8 Å². The second-order valence-corrected chi connectivity index (χ2v) is 6.46. The van der Waals surface area contributed by atoms with E-state index in [1.165, 1.54) is 0 Å². The fourth-order valence-corrected chi connectivity index (χ4v) is 3.30. The summed E-state index contributed by atoms with van der Waals surface area (Å²) in [4.78, 5) is 22.8. The molecule has 1 saturated heterocycles. The summed E-state index contributed by atoms with van der Waals surface area (Å²) < 4.78 is 0. The molecule has 0 spiro atoms. The maximum atomic E-state index is 11.8. The van der Waals surface area contributed by atoms with Crippen LogP contribution in [0.4, 0.5) is 5.95 Å². The molecular formula is C16H24N8O2. The third-order valence-electron chi connectivity index (χ3n) is 4.66. The Balaban J connectivity index is 1.77. The van der Waals surface area contributed by atoms with Crippen LogP contribution >= 0.6 is 0 Å². The van der Waals surface area contributed by atoms with Gasteiger partial charge in [-0.05, 0) is 28.8 Å². The monoisotopic (exact) mass is 360 g/mol. The second kappa shape index (κ2) is 8.65. The zero-order chi connectivity index (χ0) is 18.4. The van der Waals surface area contributed by atoms with Crippen molar-refractivity contribution < 1.29 is 9.90 Å². The number of aliphatic carboxylic acids is 1. The SMILES string of the molecule is CCC[C@H](C(=O)O)[C@H](Cc1cnc(N2CCNCC2)nc1)c1nnn[nH]1. The topological polar surface area (TPSA) is 133 Å². The van der Waals surface area contributed by atoms with E-state index in [-0.39, 0.29) is 5.92 Å². The van der Waals surface area contributed by atoms with Crippen molar-refractivity contribution in [2.75, 3.05) is 31.1 Å². The summed E-state index contributed by atoms with van der Waals surface area (Å²) in [6, 6.07) is 0. The fraction of sp³-hybridized carbons (Fsp3) is 0.625. The molecule has 140 valence electrons. The van der Waals surface area contributed by atoms with E-state index in [4.69, 9.17) is 0 Å². The first-order valence-corrected chi connectivity index (χ1v) is 8.92. The van der Waals surface area contributed by atoms with Gasteiger partial charge in [0.25, 0.3) is 0 Å². The summed E-state index contributed by atoms with van der Waals surface area (Å²) >= 11 is 0. The smallest absolute Gasteiger partial charge is 0.307 e. The Morgan fingerprint density at radius 2 is 2.04 bits per heavy atom. The fourth-order valence-electron chi connectivity index (χ4n) is 3.30. The summed E-state index contributed by atoms with van der Waals surface area (Å²) in [5, 5.41) is 26.8. The molecule has 3 rings (SSSR count). The van der Waals surface area contributed by atoms with E-state index in [2.05, 4.69) is 40.8 Å². The molecule has 26 heavy (non-hydrogen) atoms. The minimum absolute atomic E-state index is 0.351. The van der Waals surface area contributed by atoms with Gasteiger partial charge in [-0.3, -0.25) is 4.79 Å². The lowest BCUT2D eigenvalue weighted by atomic mass is 9.84. The van der Waals surface area contributed by atoms with Gasteiger partial charge in [0, 0.05) is 44.5 Å². The molecule has 0 unspecified atom stereocenters. The number of anilines is 1. The molecule has 2 aromatic rings. The number of hydrogen-bond acceptors (Lipinski definition) is 8. The summed E-state index contributed by atoms with van der Waals surface area (Å²) in [5.41, 5.74) is 0.868. The van der Waals surface area contributed by atoms with Crippen LogP contribution in [0, 0.1) is 5.92 Å². The number of carboxylic acid groups (broad SMARTS) is 1. The maximum Gasteiger partial charge on any atom is 0.307 e. The van der Waals surface area contributed by atoms with Gasteiger partial charge in [0.15, 0.2) is 5.82 Å². The molecule has 1 aliphatic heterocycles. The number of nitrogens with zero attached hydrogens (tertiary/aromatic N) is 6. The number of hydrogen-bond donors (Lipinski definition) is 3. The Kier molecular flexibility index (Phi) is 6.05. The first kappa shape index (κ1) is 18.2. The Morgan fingerprint density at radius 1 is 1.31 bits per heavy atom. The largest absolute Gasteiger partial charge is 0.481 e. The number of nitrogens with one attached hydrogen (secondary N) is 2. The highest BCUT2D eigenvalue weighted by Gasteiger charge is 2.31. The molecule has 1 aliphatic rings. The van der Waals surface area contributed by atoms with Crippen molar-refractivity contribution in [2.24, 2.45) is 5.92 Å². The molecule has 0 radical (unpaired) electrons. The van der Waals surface area contributed by atoms with Gasteiger partial charge in [0.1, 0.15) is 0 Å². The van der Waals surface area contributed by atoms with Crippen LogP contribution in [0.1, 0.15) is 37.1 Å². The summed E-state index contributed by atoms with van der Waals surface area (Å²) in [5.74, 6) is -0.571. The summed E-state index contributed by atoms with van der Waals surface area (Å²) in [6.45, 7) is 5.57. The van der Waals surface area contributed by atoms with Crippen molar-refractivity contribution in [3.8, 4) is 0 Å². The van der Waals surface area contributed by atoms with Gasteiger partial charge in [-0.25, -0.2) is 15.1 Å². The highest BCUT2D eigenvalue weighted by Crippen LogP contribution is 2.29. The number of aromatic nitrogens is 6. The number of carbonyl (C=O) groups is 1. The predicted molar refractivity (Wildman–Crippen MR) is 93.8 cm³/mol. The van der Waals surface area contributed by atoms with E-state index in [0.717, 1.165) is 38.2 Å². The van der Waals surface area contributed by atoms with E-state index in [0.29, 0.717) is 24.6 Å². The van der Waals surface area contributed by atoms with Crippen molar-refractivity contribution in [1.29, 1.82) is 0 Å². The van der Waals surface area contributed by atoms with Crippen LogP contribution in [-0.4, -0.2) is 67.8 Å². The van der Waals surface area contributed by atoms with E-state index in [1.54, 1.807) is 12.4 Å². The van der Waals surface area contributed by atoms with Gasteiger partial charge in [-0.15, -0.1) is 5.10 Å². The molecular weight excluding hydrogens is 336 g/mol. The third-order valence-corrected chi connectivity index (χ3v) is 4.66. The standard InChI is InChI=1S/C16H24N8O2/c1-2-3-12(15(25)26)13(14-20-22-23-21-14)8-11-9-18-16(19-10-11)24-6-4-17-5-7-24/h9-10,12-13,17H,2-8H2,1H3,(H,25,26)(H,20,21,22,23)/t12-,13-/m0/s1. The number of aromatic amines is 1. The van der Waals surface area contributed by atoms with Crippen molar-refractivity contribution in [3.63, 3.8) is 0 Å². The molecule has 1 fully saturated rings.